The average molecular weight is 425 g/mol. The van der Waals surface area contributed by atoms with E-state index in [1.165, 1.54) is 4.90 Å². The lowest BCUT2D eigenvalue weighted by molar-refractivity contribution is -0.138. The Hall–Kier alpha value is -2.20. The maximum absolute atomic E-state index is 12.9. The van der Waals surface area contributed by atoms with Crippen LogP contribution in [0.1, 0.15) is 27.7 Å². The van der Waals surface area contributed by atoms with Crippen molar-refractivity contribution in [2.45, 2.75) is 27.7 Å². The van der Waals surface area contributed by atoms with E-state index in [2.05, 4.69) is 11.9 Å². The third kappa shape index (κ3) is 8.36. The molecule has 29 heavy (non-hydrogen) atoms. The van der Waals surface area contributed by atoms with Gasteiger partial charge >= 0.3 is 20.8 Å². The highest BCUT2D eigenvalue weighted by Gasteiger charge is 2.44. The zero-order chi connectivity index (χ0) is 21.7. The van der Waals surface area contributed by atoms with Gasteiger partial charge in [-0.2, -0.15) is 0 Å². The molecule has 8 nitrogen and oxygen atoms in total. The maximum atomic E-state index is 12.9. The Labute approximate surface area is 174 Å². The van der Waals surface area contributed by atoms with Crippen LogP contribution in [0.3, 0.4) is 0 Å². The standard InChI is InChI=1S/C20H32N2O6Si/c1-6-26-29(27-7-2,28-8-3)16-22(18-12-10-9-11-13-18)20(24)21-14-15-25-19(23)17(4)5/h9-13H,4,6-8,14-16H2,1-3,5H3,(H,21,24). The molecule has 0 bridgehead atoms. The van der Waals surface area contributed by atoms with Gasteiger partial charge in [0, 0.05) is 31.1 Å². The van der Waals surface area contributed by atoms with Crippen molar-refractivity contribution in [3.05, 3.63) is 42.5 Å². The summed E-state index contributed by atoms with van der Waals surface area (Å²) in [4.78, 5) is 25.9. The molecule has 0 aliphatic carbocycles. The number of rotatable bonds is 13. The summed E-state index contributed by atoms with van der Waals surface area (Å²) in [5, 5.41) is 2.76. The second-order valence-electron chi connectivity index (χ2n) is 6.05. The Bertz CT molecular complexity index is 639. The minimum atomic E-state index is -3.12. The van der Waals surface area contributed by atoms with E-state index < -0.39 is 14.8 Å². The molecule has 0 saturated heterocycles. The van der Waals surface area contributed by atoms with Gasteiger partial charge in [0.15, 0.2) is 0 Å². The van der Waals surface area contributed by atoms with Crippen LogP contribution < -0.4 is 10.2 Å². The fourth-order valence-corrected chi connectivity index (χ4v) is 5.08. The average Bonchev–Trinajstić information content (AvgIpc) is 2.70. The molecule has 0 unspecified atom stereocenters. The number of anilines is 1. The predicted octanol–water partition coefficient (Wildman–Crippen LogP) is 2.91. The number of hydrogen-bond acceptors (Lipinski definition) is 6. The molecule has 0 aromatic heterocycles. The van der Waals surface area contributed by atoms with E-state index in [0.717, 1.165) is 0 Å². The summed E-state index contributed by atoms with van der Waals surface area (Å²) in [5.74, 6) is -0.491. The SMILES string of the molecule is C=C(C)C(=O)OCCNC(=O)N(C[Si](OCC)(OCC)OCC)c1ccccc1. The third-order valence-electron chi connectivity index (χ3n) is 3.72. The lowest BCUT2D eigenvalue weighted by atomic mass is 10.3. The second kappa shape index (κ2) is 13.1. The first-order valence-electron chi connectivity index (χ1n) is 9.74. The monoisotopic (exact) mass is 424 g/mol. The Morgan fingerprint density at radius 3 is 2.07 bits per heavy atom. The van der Waals surface area contributed by atoms with Crippen LogP contribution in [0.4, 0.5) is 10.5 Å². The van der Waals surface area contributed by atoms with Crippen molar-refractivity contribution in [3.8, 4) is 0 Å². The summed E-state index contributed by atoms with van der Waals surface area (Å²) in [7, 11) is -3.12. The van der Waals surface area contributed by atoms with Gasteiger partial charge in [0.25, 0.3) is 0 Å². The molecule has 0 radical (unpaired) electrons. The number of amides is 2. The first kappa shape index (κ1) is 24.8. The predicted molar refractivity (Wildman–Crippen MR) is 114 cm³/mol. The van der Waals surface area contributed by atoms with Crippen LogP contribution in [-0.2, 0) is 22.8 Å². The number of hydrogen-bond donors (Lipinski definition) is 1. The van der Waals surface area contributed by atoms with Crippen LogP contribution in [0.2, 0.25) is 0 Å². The van der Waals surface area contributed by atoms with Crippen molar-refractivity contribution in [1.29, 1.82) is 0 Å². The van der Waals surface area contributed by atoms with E-state index in [4.69, 9.17) is 18.0 Å². The van der Waals surface area contributed by atoms with Gasteiger partial charge < -0.3 is 23.3 Å². The highest BCUT2D eigenvalue weighted by atomic mass is 28.4. The van der Waals surface area contributed by atoms with E-state index in [9.17, 15) is 9.59 Å². The summed E-state index contributed by atoms with van der Waals surface area (Å²) in [6.07, 6.45) is 0.157. The van der Waals surface area contributed by atoms with Crippen LogP contribution >= 0.6 is 0 Å². The summed E-state index contributed by atoms with van der Waals surface area (Å²) in [5.41, 5.74) is 0.989. The zero-order valence-electron chi connectivity index (χ0n) is 17.7. The van der Waals surface area contributed by atoms with E-state index in [-0.39, 0.29) is 25.4 Å². The summed E-state index contributed by atoms with van der Waals surface area (Å²) in [6, 6.07) is 8.84. The molecule has 2 amide bonds. The largest absolute Gasteiger partial charge is 0.521 e. The number of esters is 1. The van der Waals surface area contributed by atoms with Gasteiger partial charge in [-0.05, 0) is 39.8 Å². The van der Waals surface area contributed by atoms with Gasteiger partial charge in [-0.25, -0.2) is 9.59 Å². The van der Waals surface area contributed by atoms with Crippen LogP contribution in [0.5, 0.6) is 0 Å². The quantitative estimate of drug-likeness (QED) is 0.227. The number of nitrogens with zero attached hydrogens (tertiary/aromatic N) is 1. The molecule has 0 atom stereocenters. The van der Waals surface area contributed by atoms with Crippen molar-refractivity contribution < 1.29 is 27.6 Å². The minimum Gasteiger partial charge on any atom is -0.460 e. The fourth-order valence-electron chi connectivity index (χ4n) is 2.52. The van der Waals surface area contributed by atoms with Crippen molar-refractivity contribution >= 4 is 26.5 Å². The number of para-hydroxylation sites is 1. The maximum Gasteiger partial charge on any atom is 0.521 e. The van der Waals surface area contributed by atoms with Crippen molar-refractivity contribution in [2.24, 2.45) is 0 Å². The first-order valence-corrected chi connectivity index (χ1v) is 11.7. The Morgan fingerprint density at radius 2 is 1.59 bits per heavy atom. The highest BCUT2D eigenvalue weighted by molar-refractivity contribution is 6.62. The number of nitrogens with one attached hydrogen (secondary N) is 1. The van der Waals surface area contributed by atoms with Gasteiger partial charge in [0.1, 0.15) is 6.61 Å². The Morgan fingerprint density at radius 1 is 1.03 bits per heavy atom. The highest BCUT2D eigenvalue weighted by Crippen LogP contribution is 2.19. The summed E-state index contributed by atoms with van der Waals surface area (Å²) < 4.78 is 22.7. The van der Waals surface area contributed by atoms with Crippen LogP contribution in [-0.4, -0.2) is 59.9 Å². The molecule has 1 aromatic rings. The molecule has 0 heterocycles. The van der Waals surface area contributed by atoms with E-state index >= 15 is 0 Å². The van der Waals surface area contributed by atoms with Gasteiger partial charge in [0.2, 0.25) is 0 Å². The molecule has 0 fully saturated rings. The lowest BCUT2D eigenvalue weighted by Crippen LogP contribution is -2.58. The first-order chi connectivity index (χ1) is 13.9. The Kier molecular flexibility index (Phi) is 11.2. The van der Waals surface area contributed by atoms with Gasteiger partial charge in [-0.1, -0.05) is 24.8 Å². The molecule has 9 heteroatoms. The normalized spacial score (nSPS) is 11.0. The number of ether oxygens (including phenoxy) is 1. The van der Waals surface area contributed by atoms with Crippen LogP contribution in [0.25, 0.3) is 0 Å². The second-order valence-corrected chi connectivity index (χ2v) is 8.60. The number of carbonyl (C=O) groups excluding carboxylic acids is 2. The molecule has 0 spiro atoms. The smallest absolute Gasteiger partial charge is 0.460 e. The summed E-state index contributed by atoms with van der Waals surface area (Å²) >= 11 is 0. The van der Waals surface area contributed by atoms with Crippen molar-refractivity contribution in [3.63, 3.8) is 0 Å². The molecule has 0 aliphatic heterocycles. The number of carbonyl (C=O) groups is 2. The van der Waals surface area contributed by atoms with E-state index in [0.29, 0.717) is 31.1 Å². The van der Waals surface area contributed by atoms with Crippen LogP contribution in [0, 0.1) is 0 Å². The van der Waals surface area contributed by atoms with Gasteiger partial charge in [0.05, 0.1) is 12.7 Å². The molecular weight excluding hydrogens is 392 g/mol. The Balaban J connectivity index is 2.94. The molecule has 1 N–H and O–H groups in total. The van der Waals surface area contributed by atoms with Gasteiger partial charge in [-0.3, -0.25) is 4.90 Å². The topological polar surface area (TPSA) is 86.3 Å². The van der Waals surface area contributed by atoms with Crippen LogP contribution in [0.15, 0.2) is 42.5 Å². The molecule has 162 valence electrons. The fraction of sp³-hybridized carbons (Fsp3) is 0.500. The number of urea groups is 1. The summed E-state index contributed by atoms with van der Waals surface area (Å²) in [6.45, 7) is 12.1. The van der Waals surface area contributed by atoms with Gasteiger partial charge in [-0.15, -0.1) is 0 Å². The minimum absolute atomic E-state index is 0.0466. The molecule has 1 rings (SSSR count). The van der Waals surface area contributed by atoms with Crippen molar-refractivity contribution in [1.82, 2.24) is 5.32 Å². The zero-order valence-corrected chi connectivity index (χ0v) is 18.7. The lowest BCUT2D eigenvalue weighted by Gasteiger charge is -2.33. The number of benzene rings is 1. The molecule has 0 saturated carbocycles. The molecular formula is C20H32N2O6Si. The van der Waals surface area contributed by atoms with E-state index in [1.54, 1.807) is 6.92 Å². The molecule has 1 aromatic carbocycles. The van der Waals surface area contributed by atoms with Crippen molar-refractivity contribution in [2.75, 3.05) is 44.0 Å². The third-order valence-corrected chi connectivity index (χ3v) is 6.61. The van der Waals surface area contributed by atoms with E-state index in [1.807, 2.05) is 51.1 Å². The molecule has 0 aliphatic rings.